The van der Waals surface area contributed by atoms with Gasteiger partial charge in [0.05, 0.1) is 11.1 Å². The van der Waals surface area contributed by atoms with Crippen LogP contribution in [-0.4, -0.2) is 27.8 Å². The van der Waals surface area contributed by atoms with Gasteiger partial charge in [0.15, 0.2) is 12.6 Å². The zero-order chi connectivity index (χ0) is 19.9. The molecule has 5 nitrogen and oxygen atoms in total. The predicted octanol–water partition coefficient (Wildman–Crippen LogP) is 2.92. The molecule has 0 atom stereocenters. The maximum atomic E-state index is 10.7. The fourth-order valence-electron chi connectivity index (χ4n) is 2.29. The lowest BCUT2D eigenvalue weighted by Gasteiger charge is -1.97. The molecule has 0 aliphatic rings. The predicted molar refractivity (Wildman–Crippen MR) is 103 cm³/mol. The molecule has 0 saturated heterocycles. The number of pyridine rings is 1. The summed E-state index contributed by atoms with van der Waals surface area (Å²) in [5, 5.41) is 19.4. The summed E-state index contributed by atoms with van der Waals surface area (Å²) in [6.07, 6.45) is 1.14. The highest BCUT2D eigenvalue weighted by molar-refractivity contribution is 5.80. The number of hydrogen-bond donors (Lipinski definition) is 2. The molecule has 2 N–H and O–H groups in total. The SMILES string of the molecule is O=Cc1ccc(C#Cc2cccc(C#Cc3ccc(C=O)c(O)c3)n2)cc1O. The van der Waals surface area contributed by atoms with Crippen molar-refractivity contribution in [3.8, 4) is 35.2 Å². The average Bonchev–Trinajstić information content (AvgIpc) is 2.71. The van der Waals surface area contributed by atoms with Crippen molar-refractivity contribution >= 4 is 12.6 Å². The highest BCUT2D eigenvalue weighted by Crippen LogP contribution is 2.17. The van der Waals surface area contributed by atoms with Gasteiger partial charge in [0.2, 0.25) is 0 Å². The number of carbonyl (C=O) groups is 2. The highest BCUT2D eigenvalue weighted by Gasteiger charge is 2.01. The second-order valence-electron chi connectivity index (χ2n) is 5.69. The molecule has 0 amide bonds. The third kappa shape index (κ3) is 4.43. The molecule has 0 spiro atoms. The molecule has 0 aliphatic heterocycles. The van der Waals surface area contributed by atoms with E-state index in [1.54, 1.807) is 30.3 Å². The van der Waals surface area contributed by atoms with Crippen molar-refractivity contribution in [1.82, 2.24) is 4.98 Å². The Balaban J connectivity index is 1.82. The van der Waals surface area contributed by atoms with Crippen LogP contribution in [0.1, 0.15) is 43.2 Å². The van der Waals surface area contributed by atoms with E-state index >= 15 is 0 Å². The molecule has 0 bridgehead atoms. The molecular formula is C23H13NO4. The first-order chi connectivity index (χ1) is 13.6. The van der Waals surface area contributed by atoms with E-state index in [-0.39, 0.29) is 22.6 Å². The number of phenolic OH excluding ortho intramolecular Hbond substituents is 2. The number of hydrogen-bond acceptors (Lipinski definition) is 5. The molecule has 28 heavy (non-hydrogen) atoms. The van der Waals surface area contributed by atoms with Gasteiger partial charge < -0.3 is 10.2 Å². The highest BCUT2D eigenvalue weighted by atomic mass is 16.3. The van der Waals surface area contributed by atoms with Gasteiger partial charge in [0.1, 0.15) is 22.9 Å². The van der Waals surface area contributed by atoms with Crippen molar-refractivity contribution in [2.24, 2.45) is 0 Å². The van der Waals surface area contributed by atoms with E-state index in [2.05, 4.69) is 28.7 Å². The smallest absolute Gasteiger partial charge is 0.153 e. The second-order valence-corrected chi connectivity index (χ2v) is 5.69. The Kier molecular flexibility index (Phi) is 5.50. The topological polar surface area (TPSA) is 87.5 Å². The van der Waals surface area contributed by atoms with E-state index in [9.17, 15) is 19.8 Å². The summed E-state index contributed by atoms with van der Waals surface area (Å²) in [7, 11) is 0. The van der Waals surface area contributed by atoms with Crippen LogP contribution in [0.4, 0.5) is 0 Å². The van der Waals surface area contributed by atoms with Gasteiger partial charge in [-0.15, -0.1) is 0 Å². The van der Waals surface area contributed by atoms with Gasteiger partial charge >= 0.3 is 0 Å². The van der Waals surface area contributed by atoms with Crippen LogP contribution in [0.15, 0.2) is 54.6 Å². The van der Waals surface area contributed by atoms with Gasteiger partial charge in [-0.3, -0.25) is 9.59 Å². The number of carbonyl (C=O) groups excluding carboxylic acids is 2. The molecule has 0 fully saturated rings. The zero-order valence-electron chi connectivity index (χ0n) is 14.5. The van der Waals surface area contributed by atoms with E-state index in [1.807, 2.05) is 0 Å². The Bertz CT molecular complexity index is 1100. The van der Waals surface area contributed by atoms with Crippen LogP contribution >= 0.6 is 0 Å². The number of rotatable bonds is 2. The molecule has 0 aliphatic carbocycles. The fourth-order valence-corrected chi connectivity index (χ4v) is 2.29. The standard InChI is InChI=1S/C23H13NO4/c25-14-18-8-4-16(12-22(18)27)6-10-20-2-1-3-21(24-20)11-7-17-5-9-19(15-26)23(28)13-17/h1-5,8-9,12-15,27-28H. The van der Waals surface area contributed by atoms with Crippen LogP contribution in [0.3, 0.4) is 0 Å². The van der Waals surface area contributed by atoms with Gasteiger partial charge in [-0.1, -0.05) is 17.9 Å². The van der Waals surface area contributed by atoms with E-state index in [0.29, 0.717) is 35.1 Å². The Morgan fingerprint density at radius 2 is 1.14 bits per heavy atom. The maximum absolute atomic E-state index is 10.7. The third-order valence-corrected chi connectivity index (χ3v) is 3.73. The first kappa shape index (κ1) is 18.4. The number of phenols is 2. The van der Waals surface area contributed by atoms with E-state index in [1.165, 1.54) is 24.3 Å². The molecule has 2 aromatic carbocycles. The minimum atomic E-state index is -0.127. The van der Waals surface area contributed by atoms with Crippen LogP contribution in [-0.2, 0) is 0 Å². The van der Waals surface area contributed by atoms with Crippen molar-refractivity contribution in [2.75, 3.05) is 0 Å². The first-order valence-corrected chi connectivity index (χ1v) is 8.16. The van der Waals surface area contributed by atoms with E-state index in [0.717, 1.165) is 0 Å². The van der Waals surface area contributed by atoms with Crippen LogP contribution in [0.2, 0.25) is 0 Å². The monoisotopic (exact) mass is 367 g/mol. The average molecular weight is 367 g/mol. The van der Waals surface area contributed by atoms with Gasteiger partial charge in [-0.2, -0.15) is 0 Å². The van der Waals surface area contributed by atoms with Crippen molar-refractivity contribution < 1.29 is 19.8 Å². The molecule has 5 heteroatoms. The molecule has 1 heterocycles. The summed E-state index contributed by atoms with van der Waals surface area (Å²) in [5.41, 5.74) is 2.48. The molecule has 1 aromatic heterocycles. The Morgan fingerprint density at radius 3 is 1.54 bits per heavy atom. The first-order valence-electron chi connectivity index (χ1n) is 8.16. The Labute approximate surface area is 161 Å². The lowest BCUT2D eigenvalue weighted by atomic mass is 10.1. The summed E-state index contributed by atoms with van der Waals surface area (Å²) >= 11 is 0. The van der Waals surface area contributed by atoms with Gasteiger partial charge in [0, 0.05) is 11.1 Å². The lowest BCUT2D eigenvalue weighted by Crippen LogP contribution is -1.88. The molecule has 0 radical (unpaired) electrons. The zero-order valence-corrected chi connectivity index (χ0v) is 14.5. The summed E-state index contributed by atoms with van der Waals surface area (Å²) in [6.45, 7) is 0. The summed E-state index contributed by atoms with van der Waals surface area (Å²) in [4.78, 5) is 25.8. The summed E-state index contributed by atoms with van der Waals surface area (Å²) < 4.78 is 0. The van der Waals surface area contributed by atoms with Crippen molar-refractivity contribution in [2.45, 2.75) is 0 Å². The number of benzene rings is 2. The third-order valence-electron chi connectivity index (χ3n) is 3.73. The number of aromatic hydroxyl groups is 2. The fraction of sp³-hybridized carbons (Fsp3) is 0. The largest absolute Gasteiger partial charge is 0.507 e. The quantitative estimate of drug-likeness (QED) is 0.537. The Hall–Kier alpha value is -4.35. The minimum absolute atomic E-state index is 0.127. The summed E-state index contributed by atoms with van der Waals surface area (Å²) in [5.74, 6) is 11.3. The number of aromatic nitrogens is 1. The van der Waals surface area contributed by atoms with Crippen molar-refractivity contribution in [3.63, 3.8) is 0 Å². The number of nitrogens with zero attached hydrogens (tertiary/aromatic N) is 1. The van der Waals surface area contributed by atoms with Crippen LogP contribution < -0.4 is 0 Å². The van der Waals surface area contributed by atoms with E-state index < -0.39 is 0 Å². The van der Waals surface area contributed by atoms with Crippen molar-refractivity contribution in [1.29, 1.82) is 0 Å². The molecule has 3 rings (SSSR count). The van der Waals surface area contributed by atoms with Gasteiger partial charge in [-0.25, -0.2) is 4.98 Å². The van der Waals surface area contributed by atoms with Gasteiger partial charge in [-0.05, 0) is 60.4 Å². The minimum Gasteiger partial charge on any atom is -0.507 e. The molecule has 3 aromatic rings. The second kappa shape index (κ2) is 8.35. The van der Waals surface area contributed by atoms with Crippen molar-refractivity contribution in [3.05, 3.63) is 88.2 Å². The molecule has 0 saturated carbocycles. The molecular weight excluding hydrogens is 354 g/mol. The van der Waals surface area contributed by atoms with Crippen LogP contribution in [0.5, 0.6) is 11.5 Å². The normalized spacial score (nSPS) is 9.43. The lowest BCUT2D eigenvalue weighted by molar-refractivity contribution is 0.111. The van der Waals surface area contributed by atoms with Crippen LogP contribution in [0, 0.1) is 23.7 Å². The van der Waals surface area contributed by atoms with Gasteiger partial charge in [0.25, 0.3) is 0 Å². The number of aldehydes is 2. The molecule has 0 unspecified atom stereocenters. The maximum Gasteiger partial charge on any atom is 0.153 e. The summed E-state index contributed by atoms with van der Waals surface area (Å²) in [6, 6.07) is 14.3. The molecule has 134 valence electrons. The Morgan fingerprint density at radius 1 is 0.679 bits per heavy atom. The van der Waals surface area contributed by atoms with Crippen LogP contribution in [0.25, 0.3) is 0 Å². The van der Waals surface area contributed by atoms with E-state index in [4.69, 9.17) is 0 Å².